The zero-order valence-electron chi connectivity index (χ0n) is 7.60. The Bertz CT molecular complexity index is 180. The van der Waals surface area contributed by atoms with E-state index >= 15 is 0 Å². The fourth-order valence-corrected chi connectivity index (χ4v) is 0.712. The molecule has 8 heteroatoms. The summed E-state index contributed by atoms with van der Waals surface area (Å²) in [5, 5.41) is 12.1. The van der Waals surface area contributed by atoms with Gasteiger partial charge in [-0.15, -0.1) is 0 Å². The number of hydrogen-bond acceptors (Lipinski definition) is 3. The minimum absolute atomic E-state index is 0.439. The molecule has 0 aromatic rings. The van der Waals surface area contributed by atoms with Gasteiger partial charge in [-0.3, -0.25) is 14.7 Å². The Kier molecular flexibility index (Phi) is 9.43. The Morgan fingerprint density at radius 3 is 2.08 bits per heavy atom. The van der Waals surface area contributed by atoms with E-state index in [-0.39, 0.29) is 0 Å². The van der Waals surface area contributed by atoms with Gasteiger partial charge in [-0.25, -0.2) is 0 Å². The van der Waals surface area contributed by atoms with Crippen molar-refractivity contribution >= 4 is 13.6 Å². The van der Waals surface area contributed by atoms with Gasteiger partial charge in [-0.05, 0) is 0 Å². The van der Waals surface area contributed by atoms with E-state index in [1.54, 1.807) is 0 Å². The van der Waals surface area contributed by atoms with Gasteiger partial charge in [-0.1, -0.05) is 0 Å². The average molecular weight is 215 g/mol. The van der Waals surface area contributed by atoms with Crippen molar-refractivity contribution in [2.24, 2.45) is 0 Å². The minimum Gasteiger partial charge on any atom is -0.480 e. The van der Waals surface area contributed by atoms with Crippen LogP contribution in [0.25, 0.3) is 0 Å². The summed E-state index contributed by atoms with van der Waals surface area (Å²) < 4.78 is 10.1. The van der Waals surface area contributed by atoms with Crippen LogP contribution in [-0.4, -0.2) is 47.8 Å². The first-order chi connectivity index (χ1) is 5.83. The minimum atomic E-state index is -4.10. The first-order valence-corrected chi connectivity index (χ1v) is 5.34. The zero-order chi connectivity index (χ0) is 10.9. The molecular weight excluding hydrogens is 199 g/mol. The third-order valence-electron chi connectivity index (χ3n) is 0.594. The van der Waals surface area contributed by atoms with E-state index in [0.29, 0.717) is 0 Å². The van der Waals surface area contributed by atoms with Crippen LogP contribution in [0.5, 0.6) is 0 Å². The topological polar surface area (TPSA) is 123 Å². The van der Waals surface area contributed by atoms with Gasteiger partial charge >= 0.3 is 13.6 Å². The molecule has 0 bridgehead atoms. The molecule has 7 nitrogen and oxygen atoms in total. The van der Waals surface area contributed by atoms with Gasteiger partial charge in [0.15, 0.2) is 0 Å². The van der Waals surface area contributed by atoms with Crippen molar-refractivity contribution in [1.82, 2.24) is 5.32 Å². The Morgan fingerprint density at radius 1 is 1.46 bits per heavy atom. The lowest BCUT2D eigenvalue weighted by Gasteiger charge is -2.02. The molecule has 0 aliphatic heterocycles. The number of carbonyl (C=O) groups is 1. The summed E-state index contributed by atoms with van der Waals surface area (Å²) in [5.74, 6) is -1.14. The Balaban J connectivity index is 0. The van der Waals surface area contributed by atoms with Gasteiger partial charge < -0.3 is 20.2 Å². The van der Waals surface area contributed by atoms with Gasteiger partial charge in [0.2, 0.25) is 0 Å². The molecule has 80 valence electrons. The zero-order valence-corrected chi connectivity index (χ0v) is 8.49. The summed E-state index contributed by atoms with van der Waals surface area (Å²) in [4.78, 5) is 26.1. The van der Waals surface area contributed by atoms with Crippen LogP contribution in [0.4, 0.5) is 0 Å². The Morgan fingerprint density at radius 2 is 1.85 bits per heavy atom. The van der Waals surface area contributed by atoms with E-state index in [1.165, 1.54) is 0 Å². The predicted molar refractivity (Wildman–Crippen MR) is 46.3 cm³/mol. The van der Waals surface area contributed by atoms with E-state index in [1.807, 2.05) is 19.4 Å². The lowest BCUT2D eigenvalue weighted by molar-refractivity contribution is -0.597. The maximum absolute atomic E-state index is 10.1. The number of rotatable bonds is 4. The van der Waals surface area contributed by atoms with Crippen LogP contribution in [0.15, 0.2) is 0 Å². The number of hydrogen-bond donors (Lipinski definition) is 5. The lowest BCUT2D eigenvalue weighted by atomic mass is 10.7. The largest absolute Gasteiger partial charge is 0.480 e. The summed E-state index contributed by atoms with van der Waals surface area (Å²) in [6.07, 6.45) is -0.598. The molecule has 0 atom stereocenters. The SMILES string of the molecule is C[NH2+]C.O=C(O)CNCP(=O)(O)O. The second kappa shape index (κ2) is 8.15. The molecule has 0 rings (SSSR count). The van der Waals surface area contributed by atoms with Crippen molar-refractivity contribution in [1.29, 1.82) is 0 Å². The van der Waals surface area contributed by atoms with E-state index in [4.69, 9.17) is 14.9 Å². The summed E-state index contributed by atoms with van der Waals surface area (Å²) in [7, 11) is -0.0964. The highest BCUT2D eigenvalue weighted by molar-refractivity contribution is 7.51. The summed E-state index contributed by atoms with van der Waals surface area (Å²) in [6.45, 7) is -0.439. The summed E-state index contributed by atoms with van der Waals surface area (Å²) in [5.41, 5.74) is 0. The second-order valence-corrected chi connectivity index (χ2v) is 3.87. The second-order valence-electron chi connectivity index (χ2n) is 2.22. The molecule has 0 saturated carbocycles. The number of nitrogens with one attached hydrogen (secondary N) is 1. The molecule has 0 heterocycles. The maximum atomic E-state index is 10.1. The normalized spacial score (nSPS) is 10.2. The molecule has 0 fully saturated rings. The van der Waals surface area contributed by atoms with Crippen molar-refractivity contribution < 1.29 is 29.6 Å². The van der Waals surface area contributed by atoms with Crippen LogP contribution in [0.2, 0.25) is 0 Å². The predicted octanol–water partition coefficient (Wildman–Crippen LogP) is -2.39. The van der Waals surface area contributed by atoms with E-state index in [2.05, 4.69) is 5.32 Å². The van der Waals surface area contributed by atoms with Crippen LogP contribution < -0.4 is 10.6 Å². The monoisotopic (exact) mass is 215 g/mol. The van der Waals surface area contributed by atoms with E-state index in [9.17, 15) is 9.36 Å². The van der Waals surface area contributed by atoms with Crippen LogP contribution >= 0.6 is 7.60 Å². The first kappa shape index (κ1) is 15.0. The molecule has 0 aliphatic rings. The van der Waals surface area contributed by atoms with Crippen LogP contribution in [0.3, 0.4) is 0 Å². The quantitative estimate of drug-likeness (QED) is 0.333. The van der Waals surface area contributed by atoms with Gasteiger partial charge in [0.05, 0.1) is 26.9 Å². The number of nitrogens with two attached hydrogens (primary N) is 1. The van der Waals surface area contributed by atoms with Gasteiger partial charge in [0.25, 0.3) is 0 Å². The van der Waals surface area contributed by atoms with Crippen molar-refractivity contribution in [3.8, 4) is 0 Å². The molecule has 0 amide bonds. The fraction of sp³-hybridized carbons (Fsp3) is 0.800. The van der Waals surface area contributed by atoms with Crippen molar-refractivity contribution in [2.45, 2.75) is 0 Å². The van der Waals surface area contributed by atoms with E-state index in [0.717, 1.165) is 0 Å². The molecule has 13 heavy (non-hydrogen) atoms. The van der Waals surface area contributed by atoms with Crippen molar-refractivity contribution in [3.63, 3.8) is 0 Å². The average Bonchev–Trinajstić information content (AvgIpc) is 1.84. The van der Waals surface area contributed by atoms with Crippen LogP contribution in [0, 0.1) is 0 Å². The molecule has 6 N–H and O–H groups in total. The highest BCUT2D eigenvalue weighted by Crippen LogP contribution is 2.31. The van der Waals surface area contributed by atoms with E-state index < -0.39 is 26.4 Å². The fourth-order valence-electron chi connectivity index (χ4n) is 0.308. The van der Waals surface area contributed by atoms with Gasteiger partial charge in [0, 0.05) is 0 Å². The smallest absolute Gasteiger partial charge is 0.339 e. The van der Waals surface area contributed by atoms with Crippen LogP contribution in [0.1, 0.15) is 0 Å². The van der Waals surface area contributed by atoms with Crippen molar-refractivity contribution in [2.75, 3.05) is 26.9 Å². The highest BCUT2D eigenvalue weighted by atomic mass is 31.2. The maximum Gasteiger partial charge on any atom is 0.339 e. The molecule has 0 unspecified atom stereocenters. The number of quaternary nitrogens is 1. The molecule has 0 aliphatic carbocycles. The Hall–Kier alpha value is -0.460. The number of carboxylic acids is 1. The van der Waals surface area contributed by atoms with Crippen molar-refractivity contribution in [3.05, 3.63) is 0 Å². The molecular formula is C5H16N2O5P+. The highest BCUT2D eigenvalue weighted by Gasteiger charge is 2.11. The number of aliphatic carboxylic acids is 1. The summed E-state index contributed by atoms with van der Waals surface area (Å²) >= 11 is 0. The molecule has 0 aromatic carbocycles. The Labute approximate surface area is 76.3 Å². The molecule has 0 saturated heterocycles. The first-order valence-electron chi connectivity index (χ1n) is 3.54. The molecule has 0 radical (unpaired) electrons. The van der Waals surface area contributed by atoms with Gasteiger partial charge in [-0.2, -0.15) is 0 Å². The lowest BCUT2D eigenvalue weighted by Crippen LogP contribution is -2.74. The standard InChI is InChI=1S/C3H8NO5P.C2H7N/c5-3(6)1-4-2-10(7,8)9;1-3-2/h4H,1-2H2,(H,5,6)(H2,7,8,9);3H,1-2H3/p+1. The van der Waals surface area contributed by atoms with Gasteiger partial charge in [0.1, 0.15) is 0 Å². The molecule has 0 spiro atoms. The summed E-state index contributed by atoms with van der Waals surface area (Å²) in [6, 6.07) is 0. The third-order valence-corrected chi connectivity index (χ3v) is 1.23. The number of carboxylic acid groups (broad SMARTS) is 1. The molecule has 0 aromatic heterocycles. The van der Waals surface area contributed by atoms with Crippen LogP contribution in [-0.2, 0) is 9.36 Å². The third kappa shape index (κ3) is 24.6.